The Labute approximate surface area is 152 Å². The number of fused-ring (bicyclic) bond motifs is 1. The van der Waals surface area contributed by atoms with Gasteiger partial charge in [-0.15, -0.1) is 0 Å². The lowest BCUT2D eigenvalue weighted by atomic mass is 9.90. The molecule has 3 amide bonds. The first-order valence-corrected chi connectivity index (χ1v) is 8.54. The van der Waals surface area contributed by atoms with E-state index in [2.05, 4.69) is 16.0 Å². The van der Waals surface area contributed by atoms with Crippen LogP contribution in [0.3, 0.4) is 0 Å². The average molecular weight is 351 g/mol. The zero-order valence-corrected chi connectivity index (χ0v) is 14.7. The highest BCUT2D eigenvalue weighted by atomic mass is 16.2. The molecule has 134 valence electrons. The summed E-state index contributed by atoms with van der Waals surface area (Å²) in [6.45, 7) is 3.79. The number of nitrogens with one attached hydrogen (secondary N) is 3. The van der Waals surface area contributed by atoms with Crippen LogP contribution in [0.15, 0.2) is 48.5 Å². The zero-order chi connectivity index (χ0) is 18.7. The van der Waals surface area contributed by atoms with Crippen LogP contribution in [0.1, 0.15) is 42.1 Å². The van der Waals surface area contributed by atoms with Gasteiger partial charge < -0.3 is 16.0 Å². The molecule has 1 aliphatic heterocycles. The molecule has 26 heavy (non-hydrogen) atoms. The van der Waals surface area contributed by atoms with Crippen LogP contribution < -0.4 is 16.0 Å². The molecule has 0 saturated heterocycles. The van der Waals surface area contributed by atoms with Gasteiger partial charge in [-0.25, -0.2) is 0 Å². The van der Waals surface area contributed by atoms with Crippen LogP contribution in [-0.4, -0.2) is 23.8 Å². The van der Waals surface area contributed by atoms with E-state index >= 15 is 0 Å². The Morgan fingerprint density at radius 2 is 1.77 bits per heavy atom. The monoisotopic (exact) mass is 351 g/mol. The Kier molecular flexibility index (Phi) is 5.02. The lowest BCUT2D eigenvalue weighted by molar-refractivity contribution is -0.123. The van der Waals surface area contributed by atoms with Crippen molar-refractivity contribution in [3.05, 3.63) is 59.7 Å². The first-order valence-electron chi connectivity index (χ1n) is 8.54. The zero-order valence-electron chi connectivity index (χ0n) is 14.7. The smallest absolute Gasteiger partial charge is 0.251 e. The second-order valence-corrected chi connectivity index (χ2v) is 6.59. The molecule has 0 saturated carbocycles. The van der Waals surface area contributed by atoms with Crippen molar-refractivity contribution in [2.45, 2.75) is 32.2 Å². The molecule has 1 unspecified atom stereocenters. The minimum atomic E-state index is -0.538. The third-order valence-corrected chi connectivity index (χ3v) is 4.15. The van der Waals surface area contributed by atoms with Crippen molar-refractivity contribution in [3.63, 3.8) is 0 Å². The van der Waals surface area contributed by atoms with E-state index in [-0.39, 0.29) is 30.2 Å². The van der Waals surface area contributed by atoms with Crippen LogP contribution in [0.25, 0.3) is 0 Å². The normalized spacial score (nSPS) is 15.8. The lowest BCUT2D eigenvalue weighted by Crippen LogP contribution is -2.31. The average Bonchev–Trinajstić information content (AvgIpc) is 2.61. The molecule has 3 N–H and O–H groups in total. The van der Waals surface area contributed by atoms with E-state index in [0.29, 0.717) is 16.9 Å². The predicted molar refractivity (Wildman–Crippen MR) is 100 cm³/mol. The van der Waals surface area contributed by atoms with Gasteiger partial charge in [0, 0.05) is 29.4 Å². The summed E-state index contributed by atoms with van der Waals surface area (Å²) >= 11 is 0. The molecular formula is C20H21N3O3. The van der Waals surface area contributed by atoms with Crippen LogP contribution in [0.2, 0.25) is 0 Å². The molecular weight excluding hydrogens is 330 g/mol. The maximum absolute atomic E-state index is 12.7. The topological polar surface area (TPSA) is 87.3 Å². The Morgan fingerprint density at radius 3 is 2.46 bits per heavy atom. The minimum absolute atomic E-state index is 0.0550. The van der Waals surface area contributed by atoms with E-state index in [9.17, 15) is 14.4 Å². The molecule has 2 aromatic rings. The molecule has 0 bridgehead atoms. The van der Waals surface area contributed by atoms with Crippen molar-refractivity contribution in [1.29, 1.82) is 0 Å². The second-order valence-electron chi connectivity index (χ2n) is 6.59. The van der Waals surface area contributed by atoms with E-state index in [1.54, 1.807) is 30.3 Å². The van der Waals surface area contributed by atoms with Gasteiger partial charge in [-0.3, -0.25) is 14.4 Å². The first kappa shape index (κ1) is 17.7. The van der Waals surface area contributed by atoms with Gasteiger partial charge in [-0.2, -0.15) is 0 Å². The lowest BCUT2D eigenvalue weighted by Gasteiger charge is -2.24. The number of rotatable bonds is 4. The molecule has 0 fully saturated rings. The molecule has 0 aliphatic carbocycles. The summed E-state index contributed by atoms with van der Waals surface area (Å²) in [7, 11) is 0. The van der Waals surface area contributed by atoms with Gasteiger partial charge in [-0.1, -0.05) is 18.2 Å². The largest absolute Gasteiger partial charge is 0.350 e. The Morgan fingerprint density at radius 1 is 1.08 bits per heavy atom. The minimum Gasteiger partial charge on any atom is -0.350 e. The molecule has 0 spiro atoms. The third-order valence-electron chi connectivity index (χ3n) is 4.15. The van der Waals surface area contributed by atoms with Crippen LogP contribution >= 0.6 is 0 Å². The highest BCUT2D eigenvalue weighted by Crippen LogP contribution is 2.32. The summed E-state index contributed by atoms with van der Waals surface area (Å²) in [6.07, 6.45) is 0.109. The van der Waals surface area contributed by atoms with Gasteiger partial charge in [0.05, 0.1) is 5.92 Å². The fraction of sp³-hybridized carbons (Fsp3) is 0.250. The number of hydrogen-bond acceptors (Lipinski definition) is 3. The first-order chi connectivity index (χ1) is 12.4. The number of hydrogen-bond donors (Lipinski definition) is 3. The Hall–Kier alpha value is -3.15. The van der Waals surface area contributed by atoms with E-state index in [4.69, 9.17) is 0 Å². The fourth-order valence-electron chi connectivity index (χ4n) is 2.93. The predicted octanol–water partition coefficient (Wildman–Crippen LogP) is 2.89. The number of amides is 3. The van der Waals surface area contributed by atoms with Gasteiger partial charge in [0.25, 0.3) is 5.91 Å². The van der Waals surface area contributed by atoms with Gasteiger partial charge in [0.2, 0.25) is 11.8 Å². The number of para-hydroxylation sites is 1. The number of anilines is 2. The van der Waals surface area contributed by atoms with Crippen molar-refractivity contribution in [3.8, 4) is 0 Å². The maximum Gasteiger partial charge on any atom is 0.251 e. The quantitative estimate of drug-likeness (QED) is 0.791. The number of carbonyl (C=O) groups is 3. The molecule has 0 aromatic heterocycles. The summed E-state index contributed by atoms with van der Waals surface area (Å²) in [5, 5.41) is 8.43. The van der Waals surface area contributed by atoms with Crippen LogP contribution in [0.4, 0.5) is 11.4 Å². The molecule has 6 nitrogen and oxygen atoms in total. The number of carbonyl (C=O) groups excluding carboxylic acids is 3. The van der Waals surface area contributed by atoms with Gasteiger partial charge in [-0.05, 0) is 49.7 Å². The van der Waals surface area contributed by atoms with Crippen molar-refractivity contribution >= 4 is 29.1 Å². The van der Waals surface area contributed by atoms with Crippen LogP contribution in [-0.2, 0) is 9.59 Å². The molecule has 1 atom stereocenters. The van der Waals surface area contributed by atoms with E-state index in [1.807, 2.05) is 32.0 Å². The Balaban J connectivity index is 1.72. The highest BCUT2D eigenvalue weighted by molar-refractivity contribution is 6.05. The van der Waals surface area contributed by atoms with Crippen molar-refractivity contribution in [2.24, 2.45) is 0 Å². The van der Waals surface area contributed by atoms with Crippen LogP contribution in [0.5, 0.6) is 0 Å². The van der Waals surface area contributed by atoms with Crippen molar-refractivity contribution < 1.29 is 14.4 Å². The molecule has 1 heterocycles. The fourth-order valence-corrected chi connectivity index (χ4v) is 2.93. The molecule has 3 rings (SSSR count). The summed E-state index contributed by atoms with van der Waals surface area (Å²) in [5.41, 5.74) is 2.58. The summed E-state index contributed by atoms with van der Waals surface area (Å²) in [6, 6.07) is 14.0. The molecule has 2 aromatic carbocycles. The van der Waals surface area contributed by atoms with Gasteiger partial charge in [0.15, 0.2) is 0 Å². The summed E-state index contributed by atoms with van der Waals surface area (Å²) in [5.74, 6) is -1.11. The highest BCUT2D eigenvalue weighted by Gasteiger charge is 2.30. The Bertz CT molecular complexity index is 844. The summed E-state index contributed by atoms with van der Waals surface area (Å²) in [4.78, 5) is 36.5. The standard InChI is InChI=1S/C20H21N3O3/c1-12(2)21-19(25)13-7-9-14(10-8-13)22-20(26)16-11-18(24)23-17-6-4-3-5-15(16)17/h3-10,12,16H,11H2,1-2H3,(H,21,25)(H,22,26)(H,23,24). The van der Waals surface area contributed by atoms with E-state index in [0.717, 1.165) is 5.56 Å². The maximum atomic E-state index is 12.7. The molecule has 6 heteroatoms. The number of benzene rings is 2. The van der Waals surface area contributed by atoms with Gasteiger partial charge in [0.1, 0.15) is 0 Å². The van der Waals surface area contributed by atoms with Crippen molar-refractivity contribution in [2.75, 3.05) is 10.6 Å². The summed E-state index contributed by atoms with van der Waals surface area (Å²) < 4.78 is 0. The second kappa shape index (κ2) is 7.39. The van der Waals surface area contributed by atoms with E-state index in [1.165, 1.54) is 0 Å². The van der Waals surface area contributed by atoms with Crippen molar-refractivity contribution in [1.82, 2.24) is 5.32 Å². The van der Waals surface area contributed by atoms with Gasteiger partial charge >= 0.3 is 0 Å². The van der Waals surface area contributed by atoms with E-state index < -0.39 is 5.92 Å². The van der Waals surface area contributed by atoms with Crippen LogP contribution in [0, 0.1) is 0 Å². The third kappa shape index (κ3) is 3.91. The SMILES string of the molecule is CC(C)NC(=O)c1ccc(NC(=O)C2CC(=O)Nc3ccccc32)cc1. The molecule has 1 aliphatic rings. The molecule has 0 radical (unpaired) electrons.